The third-order valence-electron chi connectivity index (χ3n) is 4.10. The van der Waals surface area contributed by atoms with Crippen LogP contribution in [0, 0.1) is 0 Å². The molecule has 1 saturated heterocycles. The first-order chi connectivity index (χ1) is 9.79. The monoisotopic (exact) mass is 279 g/mol. The number of rotatable bonds is 3. The van der Waals surface area contributed by atoms with E-state index in [-0.39, 0.29) is 12.0 Å². The Balaban J connectivity index is 1.73. The molecule has 6 nitrogen and oxygen atoms in total. The first kappa shape index (κ1) is 13.6. The molecule has 2 aliphatic heterocycles. The predicted octanol–water partition coefficient (Wildman–Crippen LogP) is 0.889. The summed E-state index contributed by atoms with van der Waals surface area (Å²) in [5.41, 5.74) is 0.879. The third-order valence-corrected chi connectivity index (χ3v) is 4.10. The van der Waals surface area contributed by atoms with E-state index in [0.717, 1.165) is 31.6 Å². The molecule has 1 N–H and O–H groups in total. The number of hydrogen-bond acceptors (Lipinski definition) is 5. The first-order valence-electron chi connectivity index (χ1n) is 7.29. The van der Waals surface area contributed by atoms with Gasteiger partial charge in [0.1, 0.15) is 6.04 Å². The second kappa shape index (κ2) is 5.93. The van der Waals surface area contributed by atoms with E-state index < -0.39 is 6.04 Å². The Morgan fingerprint density at radius 1 is 1.50 bits per heavy atom. The standard InChI is InChI=1S/C14H21N3O3/c1-15-12-13-11(16-9-20-13)5-6-17(14(12)18)8-10-4-2-3-7-19-10/h9-10,12,15H,2-8H2,1H3. The highest BCUT2D eigenvalue weighted by atomic mass is 16.5. The number of likely N-dealkylation sites (N-methyl/N-ethyl adjacent to an activating group) is 1. The Morgan fingerprint density at radius 2 is 2.40 bits per heavy atom. The average Bonchev–Trinajstić information content (AvgIpc) is 2.89. The Morgan fingerprint density at radius 3 is 3.15 bits per heavy atom. The lowest BCUT2D eigenvalue weighted by Gasteiger charge is -2.30. The minimum atomic E-state index is -0.432. The molecule has 20 heavy (non-hydrogen) atoms. The molecule has 3 rings (SSSR count). The molecule has 1 amide bonds. The summed E-state index contributed by atoms with van der Waals surface area (Å²) in [6.07, 6.45) is 5.68. The normalized spacial score (nSPS) is 27.2. The average molecular weight is 279 g/mol. The molecule has 6 heteroatoms. The number of aromatic nitrogens is 1. The molecule has 2 atom stereocenters. The van der Waals surface area contributed by atoms with Gasteiger partial charge in [-0.25, -0.2) is 4.98 Å². The van der Waals surface area contributed by atoms with E-state index >= 15 is 0 Å². The van der Waals surface area contributed by atoms with Crippen molar-refractivity contribution in [2.45, 2.75) is 37.8 Å². The molecule has 1 aromatic rings. The van der Waals surface area contributed by atoms with Crippen molar-refractivity contribution >= 4 is 5.91 Å². The van der Waals surface area contributed by atoms with E-state index in [1.54, 1.807) is 7.05 Å². The zero-order chi connectivity index (χ0) is 13.9. The van der Waals surface area contributed by atoms with Crippen LogP contribution in [0.4, 0.5) is 0 Å². The van der Waals surface area contributed by atoms with Crippen LogP contribution in [0.2, 0.25) is 0 Å². The van der Waals surface area contributed by atoms with E-state index in [4.69, 9.17) is 9.15 Å². The lowest BCUT2D eigenvalue weighted by atomic mass is 10.1. The minimum Gasteiger partial charge on any atom is -0.446 e. The Bertz CT molecular complexity index is 468. The van der Waals surface area contributed by atoms with Crippen LogP contribution in [-0.2, 0) is 16.0 Å². The Labute approximate surface area is 118 Å². The SMILES string of the molecule is CNC1C(=O)N(CC2CCCCO2)CCc2ncoc21. The zero-order valence-electron chi connectivity index (χ0n) is 11.8. The Hall–Kier alpha value is -1.40. The van der Waals surface area contributed by atoms with Gasteiger partial charge in [0.2, 0.25) is 5.91 Å². The van der Waals surface area contributed by atoms with Crippen molar-refractivity contribution in [1.82, 2.24) is 15.2 Å². The summed E-state index contributed by atoms with van der Waals surface area (Å²) in [7, 11) is 1.77. The molecule has 2 unspecified atom stereocenters. The summed E-state index contributed by atoms with van der Waals surface area (Å²) in [6, 6.07) is -0.432. The lowest BCUT2D eigenvalue weighted by Crippen LogP contribution is -2.44. The van der Waals surface area contributed by atoms with Gasteiger partial charge in [0.15, 0.2) is 12.2 Å². The van der Waals surface area contributed by atoms with E-state index in [2.05, 4.69) is 10.3 Å². The highest BCUT2D eigenvalue weighted by Crippen LogP contribution is 2.25. The second-order valence-electron chi connectivity index (χ2n) is 5.41. The van der Waals surface area contributed by atoms with Crippen molar-refractivity contribution in [1.29, 1.82) is 0 Å². The molecule has 0 aromatic carbocycles. The number of nitrogens with zero attached hydrogens (tertiary/aromatic N) is 2. The van der Waals surface area contributed by atoms with Gasteiger partial charge < -0.3 is 19.4 Å². The summed E-state index contributed by atoms with van der Waals surface area (Å²) < 4.78 is 11.1. The highest BCUT2D eigenvalue weighted by molar-refractivity contribution is 5.83. The van der Waals surface area contributed by atoms with Crippen molar-refractivity contribution in [3.63, 3.8) is 0 Å². The summed E-state index contributed by atoms with van der Waals surface area (Å²) in [4.78, 5) is 18.7. The predicted molar refractivity (Wildman–Crippen MR) is 72.2 cm³/mol. The summed E-state index contributed by atoms with van der Waals surface area (Å²) in [6.45, 7) is 2.15. The van der Waals surface area contributed by atoms with Gasteiger partial charge in [-0.15, -0.1) is 0 Å². The van der Waals surface area contributed by atoms with Gasteiger partial charge in [0, 0.05) is 26.1 Å². The number of oxazole rings is 1. The summed E-state index contributed by atoms with van der Waals surface area (Å²) >= 11 is 0. The number of carbonyl (C=O) groups is 1. The van der Waals surface area contributed by atoms with Gasteiger partial charge >= 0.3 is 0 Å². The summed E-state index contributed by atoms with van der Waals surface area (Å²) in [5, 5.41) is 3.04. The van der Waals surface area contributed by atoms with Gasteiger partial charge in [-0.2, -0.15) is 0 Å². The third kappa shape index (κ3) is 2.58. The fraction of sp³-hybridized carbons (Fsp3) is 0.714. The lowest BCUT2D eigenvalue weighted by molar-refractivity contribution is -0.136. The maximum absolute atomic E-state index is 12.6. The summed E-state index contributed by atoms with van der Waals surface area (Å²) in [5.74, 6) is 0.710. The number of hydrogen-bond donors (Lipinski definition) is 1. The zero-order valence-corrected chi connectivity index (χ0v) is 11.8. The first-order valence-corrected chi connectivity index (χ1v) is 7.29. The molecular formula is C14H21N3O3. The molecule has 2 aliphatic rings. The van der Waals surface area contributed by atoms with Gasteiger partial charge in [0.05, 0.1) is 11.8 Å². The van der Waals surface area contributed by atoms with E-state index in [9.17, 15) is 4.79 Å². The molecule has 3 heterocycles. The Kier molecular flexibility index (Phi) is 4.03. The van der Waals surface area contributed by atoms with Crippen molar-refractivity contribution < 1.29 is 13.9 Å². The van der Waals surface area contributed by atoms with Crippen molar-refractivity contribution in [2.24, 2.45) is 0 Å². The van der Waals surface area contributed by atoms with E-state index in [1.165, 1.54) is 12.8 Å². The van der Waals surface area contributed by atoms with Gasteiger partial charge in [-0.1, -0.05) is 0 Å². The van der Waals surface area contributed by atoms with Gasteiger partial charge in [-0.3, -0.25) is 4.79 Å². The van der Waals surface area contributed by atoms with Crippen LogP contribution in [0.3, 0.4) is 0 Å². The quantitative estimate of drug-likeness (QED) is 0.890. The fourth-order valence-corrected chi connectivity index (χ4v) is 2.98. The fourth-order valence-electron chi connectivity index (χ4n) is 2.98. The molecule has 110 valence electrons. The van der Waals surface area contributed by atoms with Crippen LogP contribution >= 0.6 is 0 Å². The van der Waals surface area contributed by atoms with Crippen LogP contribution in [0.25, 0.3) is 0 Å². The maximum atomic E-state index is 12.6. The van der Waals surface area contributed by atoms with Gasteiger partial charge in [0.25, 0.3) is 0 Å². The van der Waals surface area contributed by atoms with Crippen LogP contribution in [0.5, 0.6) is 0 Å². The number of carbonyl (C=O) groups excluding carboxylic acids is 1. The molecule has 1 fully saturated rings. The van der Waals surface area contributed by atoms with Gasteiger partial charge in [-0.05, 0) is 26.3 Å². The largest absolute Gasteiger partial charge is 0.446 e. The number of nitrogens with one attached hydrogen (secondary N) is 1. The van der Waals surface area contributed by atoms with Crippen LogP contribution < -0.4 is 5.32 Å². The minimum absolute atomic E-state index is 0.0529. The number of amides is 1. The molecule has 0 radical (unpaired) electrons. The molecule has 0 saturated carbocycles. The molecule has 0 aliphatic carbocycles. The highest BCUT2D eigenvalue weighted by Gasteiger charge is 2.34. The van der Waals surface area contributed by atoms with Crippen molar-refractivity contribution in [3.8, 4) is 0 Å². The van der Waals surface area contributed by atoms with Crippen molar-refractivity contribution in [2.75, 3.05) is 26.7 Å². The smallest absolute Gasteiger partial charge is 0.247 e. The second-order valence-corrected chi connectivity index (χ2v) is 5.41. The van der Waals surface area contributed by atoms with Crippen LogP contribution in [0.15, 0.2) is 10.8 Å². The van der Waals surface area contributed by atoms with Crippen LogP contribution in [0.1, 0.15) is 36.8 Å². The number of fused-ring (bicyclic) bond motifs is 1. The topological polar surface area (TPSA) is 67.6 Å². The maximum Gasteiger partial charge on any atom is 0.247 e. The van der Waals surface area contributed by atoms with E-state index in [0.29, 0.717) is 18.8 Å². The van der Waals surface area contributed by atoms with Crippen molar-refractivity contribution in [3.05, 3.63) is 17.8 Å². The van der Waals surface area contributed by atoms with E-state index in [1.807, 2.05) is 4.90 Å². The molecule has 0 bridgehead atoms. The molecule has 0 spiro atoms. The molecular weight excluding hydrogens is 258 g/mol. The van der Waals surface area contributed by atoms with Crippen LogP contribution in [-0.4, -0.2) is 48.6 Å². The number of ether oxygens (including phenoxy) is 1. The molecule has 1 aromatic heterocycles.